The van der Waals surface area contributed by atoms with Crippen molar-refractivity contribution in [2.24, 2.45) is 5.73 Å². The Morgan fingerprint density at radius 1 is 1.54 bits per heavy atom. The van der Waals surface area contributed by atoms with Gasteiger partial charge in [0.15, 0.2) is 0 Å². The minimum Gasteiger partial charge on any atom is -0.333 e. The number of nitrogens with one attached hydrogen (secondary N) is 1. The summed E-state index contributed by atoms with van der Waals surface area (Å²) in [5.74, 6) is 0. The van der Waals surface area contributed by atoms with Gasteiger partial charge >= 0.3 is 6.03 Å². The molecule has 0 aliphatic rings. The van der Waals surface area contributed by atoms with Crippen molar-refractivity contribution >= 4 is 6.03 Å². The SMILES string of the molecule is CC(N)CN(C)C(=O)NC(C)(C)C. The number of carbonyl (C=O) groups is 1. The number of carbonyl (C=O) groups excluding carboxylic acids is 1. The van der Waals surface area contributed by atoms with Crippen LogP contribution < -0.4 is 11.1 Å². The lowest BCUT2D eigenvalue weighted by atomic mass is 10.1. The fourth-order valence-electron chi connectivity index (χ4n) is 0.931. The number of nitrogens with zero attached hydrogens (tertiary/aromatic N) is 1. The first kappa shape index (κ1) is 12.2. The van der Waals surface area contributed by atoms with Gasteiger partial charge in [-0.25, -0.2) is 4.79 Å². The fourth-order valence-corrected chi connectivity index (χ4v) is 0.931. The summed E-state index contributed by atoms with van der Waals surface area (Å²) in [6.07, 6.45) is 0. The summed E-state index contributed by atoms with van der Waals surface area (Å²) in [5, 5.41) is 2.86. The number of amides is 2. The van der Waals surface area contributed by atoms with E-state index in [-0.39, 0.29) is 17.6 Å². The van der Waals surface area contributed by atoms with Crippen LogP contribution in [0.5, 0.6) is 0 Å². The smallest absolute Gasteiger partial charge is 0.317 e. The first-order valence-electron chi connectivity index (χ1n) is 4.51. The molecule has 0 radical (unpaired) electrons. The number of likely N-dealkylation sites (N-methyl/N-ethyl adjacent to an activating group) is 1. The first-order chi connectivity index (χ1) is 5.72. The zero-order chi connectivity index (χ0) is 10.6. The van der Waals surface area contributed by atoms with Crippen molar-refractivity contribution in [3.05, 3.63) is 0 Å². The molecule has 4 nitrogen and oxygen atoms in total. The molecule has 0 spiro atoms. The van der Waals surface area contributed by atoms with E-state index in [1.54, 1.807) is 11.9 Å². The van der Waals surface area contributed by atoms with E-state index in [0.29, 0.717) is 6.54 Å². The monoisotopic (exact) mass is 187 g/mol. The quantitative estimate of drug-likeness (QED) is 0.671. The Balaban J connectivity index is 3.97. The van der Waals surface area contributed by atoms with Crippen molar-refractivity contribution < 1.29 is 4.79 Å². The molecule has 0 saturated heterocycles. The zero-order valence-corrected chi connectivity index (χ0v) is 9.22. The Hall–Kier alpha value is -0.770. The molecule has 13 heavy (non-hydrogen) atoms. The van der Waals surface area contributed by atoms with Gasteiger partial charge in [-0.05, 0) is 27.7 Å². The van der Waals surface area contributed by atoms with Crippen molar-refractivity contribution in [2.75, 3.05) is 13.6 Å². The molecule has 4 heteroatoms. The molecular formula is C9H21N3O. The Kier molecular flexibility index (Phi) is 4.20. The lowest BCUT2D eigenvalue weighted by Crippen LogP contribution is -2.49. The van der Waals surface area contributed by atoms with E-state index in [9.17, 15) is 4.79 Å². The van der Waals surface area contributed by atoms with E-state index in [1.165, 1.54) is 0 Å². The van der Waals surface area contributed by atoms with E-state index in [4.69, 9.17) is 5.73 Å². The molecule has 0 aliphatic carbocycles. The molecule has 2 amide bonds. The number of urea groups is 1. The summed E-state index contributed by atoms with van der Waals surface area (Å²) >= 11 is 0. The second kappa shape index (κ2) is 4.46. The lowest BCUT2D eigenvalue weighted by molar-refractivity contribution is 0.197. The second-order valence-electron chi connectivity index (χ2n) is 4.54. The van der Waals surface area contributed by atoms with Crippen molar-refractivity contribution in [1.82, 2.24) is 10.2 Å². The van der Waals surface area contributed by atoms with Gasteiger partial charge < -0.3 is 16.0 Å². The highest BCUT2D eigenvalue weighted by Gasteiger charge is 2.17. The third-order valence-corrected chi connectivity index (χ3v) is 1.39. The predicted molar refractivity (Wildman–Crippen MR) is 54.6 cm³/mol. The fraction of sp³-hybridized carbons (Fsp3) is 0.889. The predicted octanol–water partition coefficient (Wildman–Crippen LogP) is 0.773. The van der Waals surface area contributed by atoms with Gasteiger partial charge in [0.2, 0.25) is 0 Å². The minimum absolute atomic E-state index is 0.00992. The Morgan fingerprint density at radius 3 is 2.31 bits per heavy atom. The molecular weight excluding hydrogens is 166 g/mol. The van der Waals surface area contributed by atoms with Gasteiger partial charge in [0, 0.05) is 25.2 Å². The van der Waals surface area contributed by atoms with Crippen LogP contribution in [-0.4, -0.2) is 36.1 Å². The van der Waals surface area contributed by atoms with Gasteiger partial charge in [-0.1, -0.05) is 0 Å². The maximum absolute atomic E-state index is 11.5. The summed E-state index contributed by atoms with van der Waals surface area (Å²) in [5.41, 5.74) is 5.38. The molecule has 1 unspecified atom stereocenters. The largest absolute Gasteiger partial charge is 0.333 e. The van der Waals surface area contributed by atoms with Crippen LogP contribution >= 0.6 is 0 Å². The standard InChI is InChI=1S/C9H21N3O/c1-7(10)6-12(5)8(13)11-9(2,3)4/h7H,6,10H2,1-5H3,(H,11,13). The highest BCUT2D eigenvalue weighted by Crippen LogP contribution is 2.00. The molecule has 0 aromatic heterocycles. The van der Waals surface area contributed by atoms with Gasteiger partial charge in [-0.15, -0.1) is 0 Å². The van der Waals surface area contributed by atoms with Crippen LogP contribution in [0.4, 0.5) is 4.79 Å². The summed E-state index contributed by atoms with van der Waals surface area (Å²) in [6.45, 7) is 8.29. The lowest BCUT2D eigenvalue weighted by Gasteiger charge is -2.26. The molecule has 1 atom stereocenters. The Labute approximate surface area is 80.5 Å². The molecule has 0 fully saturated rings. The topological polar surface area (TPSA) is 58.4 Å². The third-order valence-electron chi connectivity index (χ3n) is 1.39. The maximum Gasteiger partial charge on any atom is 0.317 e. The van der Waals surface area contributed by atoms with E-state index in [0.717, 1.165) is 0 Å². The van der Waals surface area contributed by atoms with Crippen LogP contribution in [0, 0.1) is 0 Å². The van der Waals surface area contributed by atoms with E-state index in [1.807, 2.05) is 27.7 Å². The molecule has 0 aromatic carbocycles. The summed E-state index contributed by atoms with van der Waals surface area (Å²) in [7, 11) is 1.74. The average molecular weight is 187 g/mol. The van der Waals surface area contributed by atoms with Crippen LogP contribution in [-0.2, 0) is 0 Å². The van der Waals surface area contributed by atoms with Crippen molar-refractivity contribution in [3.8, 4) is 0 Å². The third kappa shape index (κ3) is 6.40. The van der Waals surface area contributed by atoms with Gasteiger partial charge in [-0.3, -0.25) is 0 Å². The van der Waals surface area contributed by atoms with Gasteiger partial charge in [0.05, 0.1) is 0 Å². The number of hydrogen-bond acceptors (Lipinski definition) is 2. The second-order valence-corrected chi connectivity index (χ2v) is 4.54. The molecule has 0 rings (SSSR count). The summed E-state index contributed by atoms with van der Waals surface area (Å²) in [4.78, 5) is 13.0. The van der Waals surface area contributed by atoms with Crippen LogP contribution in [0.25, 0.3) is 0 Å². The summed E-state index contributed by atoms with van der Waals surface area (Å²) < 4.78 is 0. The van der Waals surface area contributed by atoms with Crippen molar-refractivity contribution in [1.29, 1.82) is 0 Å². The van der Waals surface area contributed by atoms with Gasteiger partial charge in [0.1, 0.15) is 0 Å². The maximum atomic E-state index is 11.5. The zero-order valence-electron chi connectivity index (χ0n) is 9.22. The number of rotatable bonds is 2. The van der Waals surface area contributed by atoms with Crippen molar-refractivity contribution in [2.45, 2.75) is 39.3 Å². The summed E-state index contributed by atoms with van der Waals surface area (Å²) in [6, 6.07) is -0.0690. The van der Waals surface area contributed by atoms with Crippen LogP contribution in [0.2, 0.25) is 0 Å². The van der Waals surface area contributed by atoms with Gasteiger partial charge in [-0.2, -0.15) is 0 Å². The first-order valence-corrected chi connectivity index (χ1v) is 4.51. The Bertz CT molecular complexity index is 172. The number of nitrogens with two attached hydrogens (primary N) is 1. The average Bonchev–Trinajstić information content (AvgIpc) is 1.81. The van der Waals surface area contributed by atoms with E-state index < -0.39 is 0 Å². The van der Waals surface area contributed by atoms with Crippen LogP contribution in [0.1, 0.15) is 27.7 Å². The minimum atomic E-state index is -0.191. The van der Waals surface area contributed by atoms with Crippen LogP contribution in [0.3, 0.4) is 0 Å². The molecule has 0 heterocycles. The molecule has 0 aliphatic heterocycles. The highest BCUT2D eigenvalue weighted by molar-refractivity contribution is 5.74. The van der Waals surface area contributed by atoms with E-state index in [2.05, 4.69) is 5.32 Å². The number of hydrogen-bond donors (Lipinski definition) is 2. The van der Waals surface area contributed by atoms with Crippen LogP contribution in [0.15, 0.2) is 0 Å². The normalized spacial score (nSPS) is 13.7. The molecule has 0 aromatic rings. The van der Waals surface area contributed by atoms with Crippen molar-refractivity contribution in [3.63, 3.8) is 0 Å². The molecule has 3 N–H and O–H groups in total. The molecule has 78 valence electrons. The highest BCUT2D eigenvalue weighted by atomic mass is 16.2. The molecule has 0 bridgehead atoms. The van der Waals surface area contributed by atoms with Gasteiger partial charge in [0.25, 0.3) is 0 Å². The molecule has 0 saturated carbocycles. The Morgan fingerprint density at radius 2 is 2.00 bits per heavy atom. The van der Waals surface area contributed by atoms with E-state index >= 15 is 0 Å².